The Labute approximate surface area is 101 Å². The van der Waals surface area contributed by atoms with Crippen molar-refractivity contribution in [2.45, 2.75) is 33.1 Å². The summed E-state index contributed by atoms with van der Waals surface area (Å²) >= 11 is 0. The van der Waals surface area contributed by atoms with Crippen LogP contribution < -0.4 is 4.74 Å². The van der Waals surface area contributed by atoms with Crippen LogP contribution in [0.4, 0.5) is 0 Å². The molecular formula is C13H18O4. The Morgan fingerprint density at radius 1 is 1.41 bits per heavy atom. The van der Waals surface area contributed by atoms with E-state index in [-0.39, 0.29) is 12.2 Å². The van der Waals surface area contributed by atoms with Gasteiger partial charge in [0.25, 0.3) is 0 Å². The zero-order valence-electron chi connectivity index (χ0n) is 10.4. The highest BCUT2D eigenvalue weighted by Gasteiger charge is 2.13. The monoisotopic (exact) mass is 238 g/mol. The maximum Gasteiger partial charge on any atom is 0.303 e. The van der Waals surface area contributed by atoms with E-state index in [1.807, 2.05) is 19.9 Å². The molecule has 1 aromatic rings. The Hall–Kier alpha value is -1.71. The van der Waals surface area contributed by atoms with Gasteiger partial charge in [-0.05, 0) is 43.4 Å². The van der Waals surface area contributed by atoms with Crippen molar-refractivity contribution in [1.29, 1.82) is 0 Å². The van der Waals surface area contributed by atoms with Crippen LogP contribution >= 0.6 is 0 Å². The number of hydrogen-bond donors (Lipinski definition) is 2. The predicted molar refractivity (Wildman–Crippen MR) is 64.7 cm³/mol. The first-order valence-corrected chi connectivity index (χ1v) is 5.55. The van der Waals surface area contributed by atoms with Crippen molar-refractivity contribution in [2.24, 2.45) is 0 Å². The van der Waals surface area contributed by atoms with Crippen molar-refractivity contribution >= 4 is 5.97 Å². The molecule has 0 aliphatic rings. The van der Waals surface area contributed by atoms with E-state index in [1.165, 1.54) is 7.11 Å². The molecule has 0 atom stereocenters. The second kappa shape index (κ2) is 5.57. The highest BCUT2D eigenvalue weighted by atomic mass is 16.5. The van der Waals surface area contributed by atoms with Gasteiger partial charge in [-0.15, -0.1) is 0 Å². The Bertz CT molecular complexity index is 424. The molecular weight excluding hydrogens is 220 g/mol. The summed E-state index contributed by atoms with van der Waals surface area (Å²) in [5.41, 5.74) is 2.68. The van der Waals surface area contributed by atoms with Crippen molar-refractivity contribution < 1.29 is 19.7 Å². The second-order valence-corrected chi connectivity index (χ2v) is 4.11. The standard InChI is InChI=1S/C13H18O4/c1-8-7-10(5-4-6-11(14)15)12(16)13(17-3)9(8)2/h7,16H,4-6H2,1-3H3,(H,14,15). The number of phenols is 1. The van der Waals surface area contributed by atoms with E-state index in [1.54, 1.807) is 0 Å². The first-order valence-electron chi connectivity index (χ1n) is 5.55. The van der Waals surface area contributed by atoms with E-state index in [0.717, 1.165) is 16.7 Å². The van der Waals surface area contributed by atoms with E-state index in [9.17, 15) is 9.90 Å². The van der Waals surface area contributed by atoms with E-state index in [0.29, 0.717) is 18.6 Å². The summed E-state index contributed by atoms with van der Waals surface area (Å²) in [4.78, 5) is 10.4. The molecule has 94 valence electrons. The van der Waals surface area contributed by atoms with Gasteiger partial charge in [0, 0.05) is 6.42 Å². The molecule has 0 fully saturated rings. The summed E-state index contributed by atoms with van der Waals surface area (Å²) in [6, 6.07) is 1.88. The fourth-order valence-corrected chi connectivity index (χ4v) is 1.81. The zero-order valence-corrected chi connectivity index (χ0v) is 10.4. The number of carboxylic acid groups (broad SMARTS) is 1. The largest absolute Gasteiger partial charge is 0.504 e. The third-order valence-corrected chi connectivity index (χ3v) is 2.88. The third kappa shape index (κ3) is 3.12. The maximum absolute atomic E-state index is 10.4. The Morgan fingerprint density at radius 2 is 2.06 bits per heavy atom. The van der Waals surface area contributed by atoms with Crippen molar-refractivity contribution in [3.8, 4) is 11.5 Å². The van der Waals surface area contributed by atoms with Crippen molar-refractivity contribution in [3.05, 3.63) is 22.8 Å². The number of benzene rings is 1. The molecule has 0 amide bonds. The van der Waals surface area contributed by atoms with Gasteiger partial charge in [-0.1, -0.05) is 6.07 Å². The molecule has 0 saturated carbocycles. The molecule has 0 spiro atoms. The molecule has 17 heavy (non-hydrogen) atoms. The van der Waals surface area contributed by atoms with Gasteiger partial charge < -0.3 is 14.9 Å². The summed E-state index contributed by atoms with van der Waals surface area (Å²) < 4.78 is 5.16. The molecule has 2 N–H and O–H groups in total. The number of rotatable bonds is 5. The molecule has 0 unspecified atom stereocenters. The molecule has 0 aromatic heterocycles. The topological polar surface area (TPSA) is 66.8 Å². The summed E-state index contributed by atoms with van der Waals surface area (Å²) in [5, 5.41) is 18.6. The average molecular weight is 238 g/mol. The van der Waals surface area contributed by atoms with Crippen LogP contribution in [0.15, 0.2) is 6.07 Å². The van der Waals surface area contributed by atoms with Gasteiger partial charge in [-0.2, -0.15) is 0 Å². The lowest BCUT2D eigenvalue weighted by Gasteiger charge is -2.14. The van der Waals surface area contributed by atoms with Crippen LogP contribution in [0.3, 0.4) is 0 Å². The van der Waals surface area contributed by atoms with E-state index in [2.05, 4.69) is 0 Å². The highest BCUT2D eigenvalue weighted by Crippen LogP contribution is 2.36. The van der Waals surface area contributed by atoms with Gasteiger partial charge in [0.1, 0.15) is 0 Å². The third-order valence-electron chi connectivity index (χ3n) is 2.88. The van der Waals surface area contributed by atoms with Crippen LogP contribution in [0.25, 0.3) is 0 Å². The molecule has 0 bridgehead atoms. The van der Waals surface area contributed by atoms with E-state index in [4.69, 9.17) is 9.84 Å². The number of ether oxygens (including phenoxy) is 1. The molecule has 0 heterocycles. The van der Waals surface area contributed by atoms with Crippen LogP contribution in [0.5, 0.6) is 11.5 Å². The van der Waals surface area contributed by atoms with Crippen LogP contribution in [0.1, 0.15) is 29.5 Å². The fourth-order valence-electron chi connectivity index (χ4n) is 1.81. The van der Waals surface area contributed by atoms with E-state index < -0.39 is 5.97 Å². The van der Waals surface area contributed by atoms with Gasteiger partial charge in [0.05, 0.1) is 7.11 Å². The minimum atomic E-state index is -0.819. The smallest absolute Gasteiger partial charge is 0.303 e. The molecule has 0 radical (unpaired) electrons. The molecule has 0 aliphatic carbocycles. The average Bonchev–Trinajstić information content (AvgIpc) is 2.26. The number of phenolic OH excluding ortho intramolecular Hbond substituents is 1. The second-order valence-electron chi connectivity index (χ2n) is 4.11. The lowest BCUT2D eigenvalue weighted by molar-refractivity contribution is -0.137. The van der Waals surface area contributed by atoms with E-state index >= 15 is 0 Å². The van der Waals surface area contributed by atoms with Gasteiger partial charge in [-0.3, -0.25) is 4.79 Å². The van der Waals surface area contributed by atoms with Crippen molar-refractivity contribution in [1.82, 2.24) is 0 Å². The summed E-state index contributed by atoms with van der Waals surface area (Å²) in [6.45, 7) is 3.83. The summed E-state index contributed by atoms with van der Waals surface area (Å²) in [6.07, 6.45) is 1.15. The maximum atomic E-state index is 10.4. The Kier molecular flexibility index (Phi) is 4.37. The van der Waals surface area contributed by atoms with Crippen LogP contribution in [-0.4, -0.2) is 23.3 Å². The van der Waals surface area contributed by atoms with Gasteiger partial charge in [0.2, 0.25) is 0 Å². The van der Waals surface area contributed by atoms with Crippen LogP contribution in [0.2, 0.25) is 0 Å². The summed E-state index contributed by atoms with van der Waals surface area (Å²) in [7, 11) is 1.52. The summed E-state index contributed by atoms with van der Waals surface area (Å²) in [5.74, 6) is -0.211. The zero-order chi connectivity index (χ0) is 13.0. The molecule has 4 nitrogen and oxygen atoms in total. The van der Waals surface area contributed by atoms with Crippen LogP contribution in [-0.2, 0) is 11.2 Å². The van der Waals surface area contributed by atoms with Gasteiger partial charge in [-0.25, -0.2) is 0 Å². The number of aliphatic carboxylic acids is 1. The molecule has 1 rings (SSSR count). The predicted octanol–water partition coefficient (Wildman–Crippen LogP) is 2.42. The lowest BCUT2D eigenvalue weighted by atomic mass is 10.00. The first kappa shape index (κ1) is 13.4. The normalized spacial score (nSPS) is 10.3. The van der Waals surface area contributed by atoms with Crippen molar-refractivity contribution in [2.75, 3.05) is 7.11 Å². The Balaban J connectivity index is 2.93. The highest BCUT2D eigenvalue weighted by molar-refractivity contribution is 5.66. The number of methoxy groups -OCH3 is 1. The van der Waals surface area contributed by atoms with Gasteiger partial charge in [0.15, 0.2) is 11.5 Å². The molecule has 0 aliphatic heterocycles. The number of carbonyl (C=O) groups is 1. The minimum absolute atomic E-state index is 0.106. The number of carboxylic acids is 1. The number of aryl methyl sites for hydroxylation is 2. The fraction of sp³-hybridized carbons (Fsp3) is 0.462. The molecule has 1 aromatic carbocycles. The first-order chi connectivity index (χ1) is 7.97. The van der Waals surface area contributed by atoms with Gasteiger partial charge >= 0.3 is 5.97 Å². The lowest BCUT2D eigenvalue weighted by Crippen LogP contribution is -1.99. The SMILES string of the molecule is COc1c(C)c(C)cc(CCCC(=O)O)c1O. The van der Waals surface area contributed by atoms with Crippen LogP contribution in [0, 0.1) is 13.8 Å². The molecule has 4 heteroatoms. The quantitative estimate of drug-likeness (QED) is 0.826. The minimum Gasteiger partial charge on any atom is -0.504 e. The molecule has 0 saturated heterocycles. The number of hydrogen-bond acceptors (Lipinski definition) is 3. The Morgan fingerprint density at radius 3 is 2.59 bits per heavy atom. The van der Waals surface area contributed by atoms with Crippen molar-refractivity contribution in [3.63, 3.8) is 0 Å². The number of aromatic hydroxyl groups is 1.